The molecule has 0 aromatic heterocycles. The van der Waals surface area contributed by atoms with Crippen molar-refractivity contribution in [2.75, 3.05) is 23.7 Å². The molecule has 1 fully saturated rings. The van der Waals surface area contributed by atoms with E-state index in [1.807, 2.05) is 0 Å². The molecule has 1 heterocycles. The van der Waals surface area contributed by atoms with E-state index in [0.29, 0.717) is 19.0 Å². The molecule has 7 nitrogen and oxygen atoms in total. The summed E-state index contributed by atoms with van der Waals surface area (Å²) in [7, 11) is -3.70. The van der Waals surface area contributed by atoms with Crippen molar-refractivity contribution in [1.82, 2.24) is 4.31 Å². The van der Waals surface area contributed by atoms with Crippen LogP contribution in [0, 0.1) is 5.92 Å². The minimum atomic E-state index is -4.64. The first kappa shape index (κ1) is 24.7. The van der Waals surface area contributed by atoms with Crippen molar-refractivity contribution in [3.05, 3.63) is 53.6 Å². The van der Waals surface area contributed by atoms with E-state index in [4.69, 9.17) is 0 Å². The molecule has 2 aromatic carbocycles. The predicted octanol–water partition coefficient (Wildman–Crippen LogP) is 4.34. The Morgan fingerprint density at radius 1 is 0.970 bits per heavy atom. The lowest BCUT2D eigenvalue weighted by Crippen LogP contribution is -2.37. The van der Waals surface area contributed by atoms with E-state index in [9.17, 15) is 31.2 Å². The number of carbonyl (C=O) groups is 2. The van der Waals surface area contributed by atoms with Gasteiger partial charge in [-0.05, 0) is 61.2 Å². The Kier molecular flexibility index (Phi) is 7.13. The van der Waals surface area contributed by atoms with E-state index in [-0.39, 0.29) is 21.8 Å². The number of piperidine rings is 1. The molecule has 1 saturated heterocycles. The van der Waals surface area contributed by atoms with Crippen LogP contribution >= 0.6 is 0 Å². The number of rotatable bonds is 5. The summed E-state index contributed by atoms with van der Waals surface area (Å²) in [6, 6.07) is 7.74. The SMILES string of the molecule is CC(=O)Nc1ccc(C(F)(F)F)cc1NC(=O)c1ccc(S(=O)(=O)N2CCC(C)CC2)cc1. The number of amides is 2. The highest BCUT2D eigenvalue weighted by Gasteiger charge is 2.31. The lowest BCUT2D eigenvalue weighted by molar-refractivity contribution is -0.137. The van der Waals surface area contributed by atoms with Crippen LogP contribution in [0.2, 0.25) is 0 Å². The van der Waals surface area contributed by atoms with Crippen molar-refractivity contribution in [2.45, 2.75) is 37.8 Å². The van der Waals surface area contributed by atoms with E-state index in [1.165, 1.54) is 35.5 Å². The molecule has 2 aromatic rings. The van der Waals surface area contributed by atoms with Crippen molar-refractivity contribution in [1.29, 1.82) is 0 Å². The van der Waals surface area contributed by atoms with Crippen LogP contribution in [0.15, 0.2) is 47.4 Å². The first-order chi connectivity index (χ1) is 15.4. The van der Waals surface area contributed by atoms with E-state index < -0.39 is 33.6 Å². The van der Waals surface area contributed by atoms with Crippen LogP contribution < -0.4 is 10.6 Å². The van der Waals surface area contributed by atoms with Gasteiger partial charge in [0.1, 0.15) is 0 Å². The van der Waals surface area contributed by atoms with Crippen LogP contribution in [0.3, 0.4) is 0 Å². The summed E-state index contributed by atoms with van der Waals surface area (Å²) in [5.41, 5.74) is -1.18. The molecule has 1 aliphatic rings. The molecule has 33 heavy (non-hydrogen) atoms. The Bertz CT molecular complexity index is 1140. The molecule has 0 atom stereocenters. The van der Waals surface area contributed by atoms with Crippen molar-refractivity contribution >= 4 is 33.2 Å². The molecule has 0 radical (unpaired) electrons. The Morgan fingerprint density at radius 2 is 1.58 bits per heavy atom. The van der Waals surface area contributed by atoms with Gasteiger partial charge in [-0.3, -0.25) is 9.59 Å². The molecule has 2 N–H and O–H groups in total. The molecule has 0 bridgehead atoms. The highest BCUT2D eigenvalue weighted by Crippen LogP contribution is 2.34. The van der Waals surface area contributed by atoms with Gasteiger partial charge in [-0.2, -0.15) is 17.5 Å². The number of sulfonamides is 1. The maximum atomic E-state index is 13.1. The van der Waals surface area contributed by atoms with E-state index in [2.05, 4.69) is 17.6 Å². The molecule has 0 unspecified atom stereocenters. The van der Waals surface area contributed by atoms with Crippen molar-refractivity contribution in [3.8, 4) is 0 Å². The quantitative estimate of drug-likeness (QED) is 0.662. The van der Waals surface area contributed by atoms with Gasteiger partial charge in [-0.1, -0.05) is 6.92 Å². The summed E-state index contributed by atoms with van der Waals surface area (Å²) in [6.07, 6.45) is -3.10. The van der Waals surface area contributed by atoms with Crippen LogP contribution in [-0.2, 0) is 21.0 Å². The summed E-state index contributed by atoms with van der Waals surface area (Å²) in [5.74, 6) is -0.815. The van der Waals surface area contributed by atoms with Crippen LogP contribution in [0.25, 0.3) is 0 Å². The zero-order chi connectivity index (χ0) is 24.4. The molecule has 11 heteroatoms. The Balaban J connectivity index is 1.81. The highest BCUT2D eigenvalue weighted by molar-refractivity contribution is 7.89. The van der Waals surface area contributed by atoms with Crippen LogP contribution in [0.5, 0.6) is 0 Å². The monoisotopic (exact) mass is 483 g/mol. The largest absolute Gasteiger partial charge is 0.416 e. The normalized spacial score (nSPS) is 15.8. The fraction of sp³-hybridized carbons (Fsp3) is 0.364. The molecule has 1 aliphatic heterocycles. The number of hydrogen-bond acceptors (Lipinski definition) is 4. The van der Waals surface area contributed by atoms with E-state index >= 15 is 0 Å². The third-order valence-corrected chi connectivity index (χ3v) is 7.32. The second-order valence-corrected chi connectivity index (χ2v) is 9.94. The highest BCUT2D eigenvalue weighted by atomic mass is 32.2. The van der Waals surface area contributed by atoms with Gasteiger partial charge in [0, 0.05) is 25.6 Å². The zero-order valence-electron chi connectivity index (χ0n) is 18.1. The third kappa shape index (κ3) is 5.91. The first-order valence-corrected chi connectivity index (χ1v) is 11.7. The predicted molar refractivity (Wildman–Crippen MR) is 117 cm³/mol. The average Bonchev–Trinajstić information content (AvgIpc) is 2.74. The molecular weight excluding hydrogens is 459 g/mol. The number of anilines is 2. The summed E-state index contributed by atoms with van der Waals surface area (Å²) in [6.45, 7) is 4.10. The molecule has 2 amide bonds. The Labute approximate surface area is 190 Å². The van der Waals surface area contributed by atoms with E-state index in [1.54, 1.807) is 0 Å². The van der Waals surface area contributed by atoms with Gasteiger partial charge < -0.3 is 10.6 Å². The minimum Gasteiger partial charge on any atom is -0.325 e. The van der Waals surface area contributed by atoms with Crippen molar-refractivity contribution < 1.29 is 31.2 Å². The topological polar surface area (TPSA) is 95.6 Å². The van der Waals surface area contributed by atoms with Crippen LogP contribution in [0.4, 0.5) is 24.5 Å². The fourth-order valence-electron chi connectivity index (χ4n) is 3.47. The Morgan fingerprint density at radius 3 is 2.12 bits per heavy atom. The molecular formula is C22H24F3N3O4S. The van der Waals surface area contributed by atoms with Crippen LogP contribution in [-0.4, -0.2) is 37.6 Å². The second kappa shape index (κ2) is 9.52. The molecule has 3 rings (SSSR count). The fourth-order valence-corrected chi connectivity index (χ4v) is 4.94. The maximum Gasteiger partial charge on any atom is 0.416 e. The first-order valence-electron chi connectivity index (χ1n) is 10.3. The maximum absolute atomic E-state index is 13.1. The smallest absolute Gasteiger partial charge is 0.325 e. The number of carbonyl (C=O) groups excluding carboxylic acids is 2. The van der Waals surface area contributed by atoms with Crippen molar-refractivity contribution in [2.24, 2.45) is 5.92 Å². The van der Waals surface area contributed by atoms with Gasteiger partial charge in [-0.15, -0.1) is 0 Å². The standard InChI is InChI=1S/C22H24F3N3O4S/c1-14-9-11-28(12-10-14)33(31,32)18-6-3-16(4-7-18)21(30)27-20-13-17(22(23,24)25)5-8-19(20)26-15(2)29/h3-8,13-14H,9-12H2,1-2H3,(H,26,29)(H,27,30). The number of benzene rings is 2. The van der Waals surface area contributed by atoms with Gasteiger partial charge in [-0.25, -0.2) is 8.42 Å². The summed E-state index contributed by atoms with van der Waals surface area (Å²) in [4.78, 5) is 24.1. The molecule has 0 aliphatic carbocycles. The minimum absolute atomic E-state index is 0.00220. The molecule has 0 spiro atoms. The number of halogens is 3. The lowest BCUT2D eigenvalue weighted by atomic mass is 10.0. The van der Waals surface area contributed by atoms with Gasteiger partial charge in [0.2, 0.25) is 15.9 Å². The molecule has 178 valence electrons. The number of nitrogens with zero attached hydrogens (tertiary/aromatic N) is 1. The summed E-state index contributed by atoms with van der Waals surface area (Å²) >= 11 is 0. The van der Waals surface area contributed by atoms with Gasteiger partial charge in [0.25, 0.3) is 5.91 Å². The summed E-state index contributed by atoms with van der Waals surface area (Å²) in [5, 5.41) is 4.73. The zero-order valence-corrected chi connectivity index (χ0v) is 18.9. The van der Waals surface area contributed by atoms with Gasteiger partial charge >= 0.3 is 6.18 Å². The summed E-state index contributed by atoms with van der Waals surface area (Å²) < 4.78 is 66.3. The third-order valence-electron chi connectivity index (χ3n) is 5.40. The van der Waals surface area contributed by atoms with E-state index in [0.717, 1.165) is 31.0 Å². The second-order valence-electron chi connectivity index (χ2n) is 8.00. The van der Waals surface area contributed by atoms with Crippen molar-refractivity contribution in [3.63, 3.8) is 0 Å². The Hall–Kier alpha value is -2.92. The number of hydrogen-bond donors (Lipinski definition) is 2. The van der Waals surface area contributed by atoms with Gasteiger partial charge in [0.05, 0.1) is 21.8 Å². The van der Waals surface area contributed by atoms with Gasteiger partial charge in [0.15, 0.2) is 0 Å². The lowest BCUT2D eigenvalue weighted by Gasteiger charge is -2.29. The number of alkyl halides is 3. The number of nitrogens with one attached hydrogen (secondary N) is 2. The average molecular weight is 484 g/mol. The van der Waals surface area contributed by atoms with Crippen LogP contribution in [0.1, 0.15) is 42.6 Å². The molecule has 0 saturated carbocycles.